The summed E-state index contributed by atoms with van der Waals surface area (Å²) in [6.45, 7) is 6.70. The SMILES string of the molecule is CC(C)N(C)CC(=O)N1CC[C@@H]2OCCN(C(=O)c3cnccn3)[C@H]2C1. The van der Waals surface area contributed by atoms with Gasteiger partial charge < -0.3 is 14.5 Å². The van der Waals surface area contributed by atoms with Crippen LogP contribution in [0.5, 0.6) is 0 Å². The summed E-state index contributed by atoms with van der Waals surface area (Å²) >= 11 is 0. The van der Waals surface area contributed by atoms with Gasteiger partial charge in [0.15, 0.2) is 0 Å². The number of nitrogens with zero attached hydrogens (tertiary/aromatic N) is 5. The lowest BCUT2D eigenvalue weighted by atomic mass is 9.98. The molecule has 0 radical (unpaired) electrons. The lowest BCUT2D eigenvalue weighted by Gasteiger charge is -2.47. The summed E-state index contributed by atoms with van der Waals surface area (Å²) in [4.78, 5) is 39.3. The minimum absolute atomic E-state index is 0.0313. The second kappa shape index (κ2) is 8.09. The zero-order valence-corrected chi connectivity index (χ0v) is 15.7. The Morgan fingerprint density at radius 3 is 2.85 bits per heavy atom. The van der Waals surface area contributed by atoms with Gasteiger partial charge in [-0.3, -0.25) is 19.5 Å². The van der Waals surface area contributed by atoms with Crippen LogP contribution in [0, 0.1) is 0 Å². The third-order valence-corrected chi connectivity index (χ3v) is 5.25. The standard InChI is InChI=1S/C18H27N5O3/c1-13(2)21(3)12-17(24)22-7-4-16-15(11-22)23(8-9-26-16)18(25)14-10-19-5-6-20-14/h5-6,10,13,15-16H,4,7-9,11-12H2,1-3H3/t15-,16-/m0/s1. The first-order valence-corrected chi connectivity index (χ1v) is 9.14. The molecular weight excluding hydrogens is 334 g/mol. The Hall–Kier alpha value is -2.06. The third kappa shape index (κ3) is 4.02. The third-order valence-electron chi connectivity index (χ3n) is 5.25. The van der Waals surface area contributed by atoms with Crippen molar-refractivity contribution in [3.8, 4) is 0 Å². The van der Waals surface area contributed by atoms with Gasteiger partial charge in [-0.25, -0.2) is 4.98 Å². The van der Waals surface area contributed by atoms with Gasteiger partial charge >= 0.3 is 0 Å². The van der Waals surface area contributed by atoms with Crippen LogP contribution >= 0.6 is 0 Å². The van der Waals surface area contributed by atoms with Crippen LogP contribution in [0.3, 0.4) is 0 Å². The van der Waals surface area contributed by atoms with E-state index in [0.717, 1.165) is 6.42 Å². The average Bonchev–Trinajstić information content (AvgIpc) is 2.67. The van der Waals surface area contributed by atoms with Gasteiger partial charge in [0.05, 0.1) is 31.5 Å². The zero-order valence-electron chi connectivity index (χ0n) is 15.7. The average molecular weight is 361 g/mol. The number of amides is 2. The minimum atomic E-state index is -0.148. The van der Waals surface area contributed by atoms with E-state index in [2.05, 4.69) is 23.8 Å². The number of aromatic nitrogens is 2. The summed E-state index contributed by atoms with van der Waals surface area (Å²) in [6, 6.07) is 0.171. The molecule has 0 bridgehead atoms. The highest BCUT2D eigenvalue weighted by atomic mass is 16.5. The Morgan fingerprint density at radius 2 is 2.15 bits per heavy atom. The molecule has 2 amide bonds. The van der Waals surface area contributed by atoms with Crippen LogP contribution in [-0.4, -0.2) is 94.5 Å². The van der Waals surface area contributed by atoms with Gasteiger partial charge in [0.25, 0.3) is 5.91 Å². The van der Waals surface area contributed by atoms with Gasteiger partial charge in [-0.2, -0.15) is 0 Å². The van der Waals surface area contributed by atoms with E-state index in [9.17, 15) is 9.59 Å². The molecule has 3 rings (SSSR count). The molecule has 0 aliphatic carbocycles. The molecule has 2 fully saturated rings. The van der Waals surface area contributed by atoms with E-state index < -0.39 is 0 Å². The molecule has 0 saturated carbocycles. The molecule has 3 heterocycles. The number of hydrogen-bond acceptors (Lipinski definition) is 6. The van der Waals surface area contributed by atoms with Crippen LogP contribution < -0.4 is 0 Å². The van der Waals surface area contributed by atoms with E-state index in [1.165, 1.54) is 12.4 Å². The van der Waals surface area contributed by atoms with Crippen LogP contribution in [0.15, 0.2) is 18.6 Å². The van der Waals surface area contributed by atoms with Gasteiger partial charge in [-0.05, 0) is 27.3 Å². The number of ether oxygens (including phenoxy) is 1. The first-order valence-electron chi connectivity index (χ1n) is 9.14. The van der Waals surface area contributed by atoms with Crippen molar-refractivity contribution in [3.63, 3.8) is 0 Å². The van der Waals surface area contributed by atoms with Crippen LogP contribution in [0.4, 0.5) is 0 Å². The molecular formula is C18H27N5O3. The number of carbonyl (C=O) groups excluding carboxylic acids is 2. The monoisotopic (exact) mass is 361 g/mol. The highest BCUT2D eigenvalue weighted by Gasteiger charge is 2.41. The van der Waals surface area contributed by atoms with Crippen molar-refractivity contribution in [2.45, 2.75) is 38.5 Å². The lowest BCUT2D eigenvalue weighted by molar-refractivity contribution is -0.141. The Morgan fingerprint density at radius 1 is 1.35 bits per heavy atom. The molecule has 2 saturated heterocycles. The molecule has 8 nitrogen and oxygen atoms in total. The molecule has 2 aliphatic rings. The number of likely N-dealkylation sites (tertiary alicyclic amines) is 1. The van der Waals surface area contributed by atoms with Crippen molar-refractivity contribution >= 4 is 11.8 Å². The zero-order chi connectivity index (χ0) is 18.7. The lowest BCUT2D eigenvalue weighted by Crippen LogP contribution is -2.62. The topological polar surface area (TPSA) is 78.9 Å². The summed E-state index contributed by atoms with van der Waals surface area (Å²) in [6.07, 6.45) is 5.26. The van der Waals surface area contributed by atoms with E-state index in [-0.39, 0.29) is 24.0 Å². The van der Waals surface area contributed by atoms with Crippen molar-refractivity contribution in [3.05, 3.63) is 24.3 Å². The van der Waals surface area contributed by atoms with Crippen molar-refractivity contribution in [1.29, 1.82) is 0 Å². The fourth-order valence-corrected chi connectivity index (χ4v) is 3.40. The number of likely N-dealkylation sites (N-methyl/N-ethyl adjacent to an activating group) is 1. The highest BCUT2D eigenvalue weighted by molar-refractivity contribution is 5.92. The first-order chi connectivity index (χ1) is 12.5. The Kier molecular flexibility index (Phi) is 5.83. The normalized spacial score (nSPS) is 23.3. The number of carbonyl (C=O) groups is 2. The van der Waals surface area contributed by atoms with E-state index in [1.54, 1.807) is 11.1 Å². The van der Waals surface area contributed by atoms with Crippen molar-refractivity contribution in [2.75, 3.05) is 39.8 Å². The van der Waals surface area contributed by atoms with E-state index in [4.69, 9.17) is 4.74 Å². The number of morpholine rings is 1. The first kappa shape index (κ1) is 18.7. The smallest absolute Gasteiger partial charge is 0.274 e. The quantitative estimate of drug-likeness (QED) is 0.765. The molecule has 142 valence electrons. The molecule has 1 aromatic rings. The summed E-state index contributed by atoms with van der Waals surface area (Å²) in [7, 11) is 1.95. The predicted molar refractivity (Wildman–Crippen MR) is 95.6 cm³/mol. The molecule has 0 unspecified atom stereocenters. The van der Waals surface area contributed by atoms with E-state index in [0.29, 0.717) is 44.5 Å². The predicted octanol–water partition coefficient (Wildman–Crippen LogP) is 0.259. The maximum absolute atomic E-state index is 12.9. The Labute approximate surface area is 154 Å². The molecule has 8 heteroatoms. The molecule has 0 spiro atoms. The summed E-state index contributed by atoms with van der Waals surface area (Å²) < 4.78 is 5.87. The fraction of sp³-hybridized carbons (Fsp3) is 0.667. The van der Waals surface area contributed by atoms with Crippen LogP contribution in [0.1, 0.15) is 30.8 Å². The summed E-state index contributed by atoms with van der Waals surface area (Å²) in [5, 5.41) is 0. The minimum Gasteiger partial charge on any atom is -0.374 e. The van der Waals surface area contributed by atoms with Gasteiger partial charge in [-0.15, -0.1) is 0 Å². The molecule has 0 N–H and O–H groups in total. The number of fused-ring (bicyclic) bond motifs is 1. The van der Waals surface area contributed by atoms with Crippen molar-refractivity contribution in [1.82, 2.24) is 24.7 Å². The van der Waals surface area contributed by atoms with E-state index in [1.807, 2.05) is 16.8 Å². The maximum Gasteiger partial charge on any atom is 0.274 e. The summed E-state index contributed by atoms with van der Waals surface area (Å²) in [5.74, 6) is -0.0536. The fourth-order valence-electron chi connectivity index (χ4n) is 3.40. The van der Waals surface area contributed by atoms with Crippen molar-refractivity contribution in [2.24, 2.45) is 0 Å². The maximum atomic E-state index is 12.9. The number of hydrogen-bond donors (Lipinski definition) is 0. The van der Waals surface area contributed by atoms with Gasteiger partial charge in [0.1, 0.15) is 5.69 Å². The molecule has 1 aromatic heterocycles. The second-order valence-electron chi connectivity index (χ2n) is 7.20. The van der Waals surface area contributed by atoms with Gasteiger partial charge in [0.2, 0.25) is 5.91 Å². The second-order valence-corrected chi connectivity index (χ2v) is 7.20. The molecule has 0 aromatic carbocycles. The largest absolute Gasteiger partial charge is 0.374 e. The van der Waals surface area contributed by atoms with Crippen LogP contribution in [0.25, 0.3) is 0 Å². The highest BCUT2D eigenvalue weighted by Crippen LogP contribution is 2.24. The molecule has 2 atom stereocenters. The molecule has 2 aliphatic heterocycles. The van der Waals surface area contributed by atoms with Crippen LogP contribution in [-0.2, 0) is 9.53 Å². The van der Waals surface area contributed by atoms with Gasteiger partial charge in [0, 0.05) is 38.1 Å². The van der Waals surface area contributed by atoms with Crippen LogP contribution in [0.2, 0.25) is 0 Å². The Balaban J connectivity index is 1.70. The molecule has 26 heavy (non-hydrogen) atoms. The summed E-state index contributed by atoms with van der Waals surface area (Å²) in [5.41, 5.74) is 0.330. The van der Waals surface area contributed by atoms with E-state index >= 15 is 0 Å². The number of rotatable bonds is 4. The van der Waals surface area contributed by atoms with Gasteiger partial charge in [-0.1, -0.05) is 0 Å². The Bertz CT molecular complexity index is 639. The van der Waals surface area contributed by atoms with Crippen molar-refractivity contribution < 1.29 is 14.3 Å². The number of piperidine rings is 1.